The third kappa shape index (κ3) is 5.21. The molecule has 0 bridgehead atoms. The molecule has 2 rings (SSSR count). The van der Waals surface area contributed by atoms with E-state index >= 15 is 0 Å². The van der Waals surface area contributed by atoms with Crippen LogP contribution in [0.25, 0.3) is 0 Å². The lowest BCUT2D eigenvalue weighted by Gasteiger charge is -2.23. The quantitative estimate of drug-likeness (QED) is 0.839. The number of hydrogen-bond acceptors (Lipinski definition) is 4. The van der Waals surface area contributed by atoms with Crippen molar-refractivity contribution < 1.29 is 14.2 Å². The average Bonchev–Trinajstić information content (AvgIpc) is 2.80. The van der Waals surface area contributed by atoms with Crippen LogP contribution in [0.2, 0.25) is 0 Å². The van der Waals surface area contributed by atoms with Crippen molar-refractivity contribution in [3.05, 3.63) is 24.3 Å². The zero-order valence-corrected chi connectivity index (χ0v) is 13.1. The Hall–Kier alpha value is -1.26. The van der Waals surface area contributed by atoms with Gasteiger partial charge in [0, 0.05) is 13.2 Å². The van der Waals surface area contributed by atoms with E-state index in [1.165, 1.54) is 25.7 Å². The Balaban J connectivity index is 1.84. The number of hydrogen-bond donors (Lipinski definition) is 1. The summed E-state index contributed by atoms with van der Waals surface area (Å²) in [6, 6.07) is 8.26. The monoisotopic (exact) mass is 293 g/mol. The highest BCUT2D eigenvalue weighted by Gasteiger charge is 2.18. The second-order valence-electron chi connectivity index (χ2n) is 5.56. The van der Waals surface area contributed by atoms with Crippen LogP contribution in [0.4, 0.5) is 0 Å². The molecule has 0 aromatic heterocycles. The highest BCUT2D eigenvalue weighted by Crippen LogP contribution is 2.26. The van der Waals surface area contributed by atoms with Gasteiger partial charge in [-0.3, -0.25) is 0 Å². The fourth-order valence-corrected chi connectivity index (χ4v) is 2.77. The van der Waals surface area contributed by atoms with Crippen molar-refractivity contribution >= 4 is 0 Å². The molecule has 2 atom stereocenters. The van der Waals surface area contributed by atoms with E-state index in [1.54, 1.807) is 14.2 Å². The molecule has 0 amide bonds. The maximum atomic E-state index is 5.88. The number of ether oxygens (including phenoxy) is 3. The molecule has 1 aromatic rings. The predicted molar refractivity (Wildman–Crippen MR) is 84.2 cm³/mol. The lowest BCUT2D eigenvalue weighted by Crippen LogP contribution is -2.35. The van der Waals surface area contributed by atoms with Crippen LogP contribution >= 0.6 is 0 Å². The molecule has 1 N–H and O–H groups in total. The number of methoxy groups -OCH3 is 2. The molecule has 1 aliphatic rings. The van der Waals surface area contributed by atoms with E-state index in [9.17, 15) is 0 Å². The van der Waals surface area contributed by atoms with E-state index < -0.39 is 0 Å². The summed E-state index contributed by atoms with van der Waals surface area (Å²) in [7, 11) is 3.42. The number of rotatable bonds is 7. The Labute approximate surface area is 127 Å². The summed E-state index contributed by atoms with van der Waals surface area (Å²) in [5.41, 5.74) is 0. The molecule has 4 heteroatoms. The van der Waals surface area contributed by atoms with E-state index in [-0.39, 0.29) is 6.10 Å². The lowest BCUT2D eigenvalue weighted by molar-refractivity contribution is 0.0433. The molecule has 0 aliphatic carbocycles. The van der Waals surface area contributed by atoms with E-state index in [2.05, 4.69) is 5.32 Å². The Kier molecular flexibility index (Phi) is 6.83. The molecule has 1 aliphatic heterocycles. The molecule has 1 heterocycles. The fourth-order valence-electron chi connectivity index (χ4n) is 2.77. The zero-order valence-electron chi connectivity index (χ0n) is 13.1. The van der Waals surface area contributed by atoms with Crippen LogP contribution in [-0.2, 0) is 4.74 Å². The van der Waals surface area contributed by atoms with Gasteiger partial charge >= 0.3 is 0 Å². The minimum Gasteiger partial charge on any atom is -0.493 e. The van der Waals surface area contributed by atoms with E-state index in [1.807, 2.05) is 24.3 Å². The maximum absolute atomic E-state index is 5.88. The van der Waals surface area contributed by atoms with Gasteiger partial charge in [-0.25, -0.2) is 0 Å². The van der Waals surface area contributed by atoms with Crippen LogP contribution in [0, 0.1) is 0 Å². The third-order valence-corrected chi connectivity index (χ3v) is 4.04. The molecular formula is C17H27NO3. The first-order chi connectivity index (χ1) is 10.3. The smallest absolute Gasteiger partial charge is 0.161 e. The van der Waals surface area contributed by atoms with Crippen LogP contribution < -0.4 is 14.8 Å². The summed E-state index contributed by atoms with van der Waals surface area (Å²) in [6.45, 7) is 1.67. The largest absolute Gasteiger partial charge is 0.493 e. The Morgan fingerprint density at radius 1 is 1.14 bits per heavy atom. The second kappa shape index (κ2) is 8.90. The van der Waals surface area contributed by atoms with Gasteiger partial charge in [0.2, 0.25) is 0 Å². The molecule has 1 saturated heterocycles. The van der Waals surface area contributed by atoms with Crippen LogP contribution in [0.5, 0.6) is 11.5 Å². The molecule has 0 radical (unpaired) electrons. The van der Waals surface area contributed by atoms with Gasteiger partial charge in [-0.1, -0.05) is 25.0 Å². The van der Waals surface area contributed by atoms with Crippen molar-refractivity contribution in [1.29, 1.82) is 0 Å². The predicted octanol–water partition coefficient (Wildman–Crippen LogP) is 3.01. The number of nitrogens with one attached hydrogen (secondary N) is 1. The topological polar surface area (TPSA) is 39.7 Å². The summed E-state index contributed by atoms with van der Waals surface area (Å²) >= 11 is 0. The van der Waals surface area contributed by atoms with E-state index in [4.69, 9.17) is 14.2 Å². The summed E-state index contributed by atoms with van der Waals surface area (Å²) in [6.07, 6.45) is 6.25. The SMILES string of the molecule is COc1ccccc1OCC(CC1CCCCCN1)OC. The molecule has 1 aromatic carbocycles. The highest BCUT2D eigenvalue weighted by atomic mass is 16.5. The maximum Gasteiger partial charge on any atom is 0.161 e. The van der Waals surface area contributed by atoms with E-state index in [0.29, 0.717) is 12.6 Å². The standard InChI is InChI=1S/C17H27NO3/c1-19-15(12-14-8-4-3-7-11-18-14)13-21-17-10-6-5-9-16(17)20-2/h5-6,9-10,14-15,18H,3-4,7-8,11-13H2,1-2H3. The van der Waals surface area contributed by atoms with Crippen molar-refractivity contribution in [3.63, 3.8) is 0 Å². The Bertz CT molecular complexity index is 403. The van der Waals surface area contributed by atoms with Gasteiger partial charge in [0.25, 0.3) is 0 Å². The van der Waals surface area contributed by atoms with Crippen molar-refractivity contribution in [2.45, 2.75) is 44.2 Å². The molecule has 4 nitrogen and oxygen atoms in total. The van der Waals surface area contributed by atoms with Crippen LogP contribution in [0.1, 0.15) is 32.1 Å². The molecular weight excluding hydrogens is 266 g/mol. The van der Waals surface area contributed by atoms with E-state index in [0.717, 1.165) is 24.5 Å². The Morgan fingerprint density at radius 3 is 2.71 bits per heavy atom. The van der Waals surface area contributed by atoms with Crippen molar-refractivity contribution in [3.8, 4) is 11.5 Å². The first-order valence-electron chi connectivity index (χ1n) is 7.85. The summed E-state index contributed by atoms with van der Waals surface area (Å²) in [5, 5.41) is 3.61. The molecule has 0 spiro atoms. The average molecular weight is 293 g/mol. The molecule has 1 fully saturated rings. The second-order valence-corrected chi connectivity index (χ2v) is 5.56. The molecule has 21 heavy (non-hydrogen) atoms. The van der Waals surface area contributed by atoms with Gasteiger partial charge in [0.1, 0.15) is 6.61 Å². The molecule has 0 saturated carbocycles. The summed E-state index contributed by atoms with van der Waals surface area (Å²) < 4.78 is 16.8. The normalized spacial score (nSPS) is 20.6. The van der Waals surface area contributed by atoms with Crippen LogP contribution in [0.3, 0.4) is 0 Å². The van der Waals surface area contributed by atoms with Gasteiger partial charge in [-0.15, -0.1) is 0 Å². The minimum absolute atomic E-state index is 0.102. The van der Waals surface area contributed by atoms with Gasteiger partial charge < -0.3 is 19.5 Å². The fraction of sp³-hybridized carbons (Fsp3) is 0.647. The Morgan fingerprint density at radius 2 is 1.95 bits per heavy atom. The first-order valence-corrected chi connectivity index (χ1v) is 7.85. The highest BCUT2D eigenvalue weighted by molar-refractivity contribution is 5.39. The van der Waals surface area contributed by atoms with Crippen molar-refractivity contribution in [2.75, 3.05) is 27.4 Å². The summed E-state index contributed by atoms with van der Waals surface area (Å²) in [4.78, 5) is 0. The summed E-state index contributed by atoms with van der Waals surface area (Å²) in [5.74, 6) is 1.54. The van der Waals surface area contributed by atoms with Gasteiger partial charge in [0.15, 0.2) is 11.5 Å². The lowest BCUT2D eigenvalue weighted by atomic mass is 10.0. The third-order valence-electron chi connectivity index (χ3n) is 4.04. The van der Waals surface area contributed by atoms with Crippen molar-refractivity contribution in [1.82, 2.24) is 5.32 Å². The first kappa shape index (κ1) is 16.1. The van der Waals surface area contributed by atoms with Crippen LogP contribution in [0.15, 0.2) is 24.3 Å². The van der Waals surface area contributed by atoms with Gasteiger partial charge in [-0.2, -0.15) is 0 Å². The van der Waals surface area contributed by atoms with Crippen LogP contribution in [-0.4, -0.2) is 39.5 Å². The van der Waals surface area contributed by atoms with Gasteiger partial charge in [0.05, 0.1) is 13.2 Å². The minimum atomic E-state index is 0.102. The molecule has 118 valence electrons. The molecule has 2 unspecified atom stereocenters. The van der Waals surface area contributed by atoms with Crippen molar-refractivity contribution in [2.24, 2.45) is 0 Å². The zero-order chi connectivity index (χ0) is 14.9. The number of para-hydroxylation sites is 2. The van der Waals surface area contributed by atoms with Gasteiger partial charge in [-0.05, 0) is 37.9 Å². The number of benzene rings is 1.